The van der Waals surface area contributed by atoms with E-state index in [1.165, 1.54) is 18.5 Å². The molecule has 0 bridgehead atoms. The highest BCUT2D eigenvalue weighted by molar-refractivity contribution is 5.37. The van der Waals surface area contributed by atoms with E-state index in [1.807, 2.05) is 24.3 Å². The summed E-state index contributed by atoms with van der Waals surface area (Å²) in [6.07, 6.45) is -1.22. The summed E-state index contributed by atoms with van der Waals surface area (Å²) in [4.78, 5) is 3.90. The van der Waals surface area contributed by atoms with Crippen LogP contribution in [0, 0.1) is 11.8 Å². The van der Waals surface area contributed by atoms with Crippen LogP contribution in [0.25, 0.3) is 5.69 Å². The second kappa shape index (κ2) is 7.85. The van der Waals surface area contributed by atoms with Gasteiger partial charge < -0.3 is 5.32 Å². The van der Waals surface area contributed by atoms with Crippen molar-refractivity contribution in [3.63, 3.8) is 0 Å². The predicted molar refractivity (Wildman–Crippen MR) is 91.4 cm³/mol. The largest absolute Gasteiger partial charge is 0.416 e. The molecule has 26 heavy (non-hydrogen) atoms. The van der Waals surface area contributed by atoms with Gasteiger partial charge in [-0.1, -0.05) is 24.0 Å². The fourth-order valence-electron chi connectivity index (χ4n) is 2.27. The van der Waals surface area contributed by atoms with E-state index in [0.29, 0.717) is 18.7 Å². The van der Waals surface area contributed by atoms with Crippen LogP contribution in [0.3, 0.4) is 0 Å². The van der Waals surface area contributed by atoms with Gasteiger partial charge in [0.25, 0.3) is 0 Å². The van der Waals surface area contributed by atoms with Crippen LogP contribution in [0.15, 0.2) is 61.2 Å². The molecule has 0 unspecified atom stereocenters. The summed E-state index contributed by atoms with van der Waals surface area (Å²) in [5.74, 6) is 5.74. The topological polar surface area (TPSA) is 42.7 Å². The molecule has 132 valence electrons. The van der Waals surface area contributed by atoms with Crippen LogP contribution >= 0.6 is 0 Å². The van der Waals surface area contributed by atoms with Gasteiger partial charge in [-0.3, -0.25) is 0 Å². The van der Waals surface area contributed by atoms with E-state index in [9.17, 15) is 13.2 Å². The fourth-order valence-corrected chi connectivity index (χ4v) is 2.27. The molecule has 0 amide bonds. The van der Waals surface area contributed by atoms with Crippen LogP contribution in [0.4, 0.5) is 13.2 Å². The molecule has 1 aromatic heterocycles. The first-order valence-corrected chi connectivity index (χ1v) is 7.83. The number of halogens is 3. The van der Waals surface area contributed by atoms with Crippen molar-refractivity contribution in [1.82, 2.24) is 20.1 Å². The number of hydrogen-bond donors (Lipinski definition) is 1. The standard InChI is InChI=1S/C19H15F3N4/c20-19(21,22)17-7-3-15(4-8-17)2-1-11-23-12-16-5-9-18(10-6-16)26-14-24-13-25-26/h3-10,13-14,23H,11-12H2. The Labute approximate surface area is 148 Å². The molecule has 4 nitrogen and oxygen atoms in total. The molecule has 3 rings (SSSR count). The average Bonchev–Trinajstić information content (AvgIpc) is 3.16. The Balaban J connectivity index is 1.48. The number of rotatable bonds is 4. The second-order valence-corrected chi connectivity index (χ2v) is 5.49. The quantitative estimate of drug-likeness (QED) is 0.575. The van der Waals surface area contributed by atoms with Crippen LogP contribution < -0.4 is 5.32 Å². The molecule has 1 heterocycles. The lowest BCUT2D eigenvalue weighted by atomic mass is 10.1. The first-order chi connectivity index (χ1) is 12.5. The van der Waals surface area contributed by atoms with E-state index in [2.05, 4.69) is 27.2 Å². The van der Waals surface area contributed by atoms with Gasteiger partial charge in [-0.05, 0) is 42.0 Å². The van der Waals surface area contributed by atoms with Crippen molar-refractivity contribution in [2.75, 3.05) is 6.54 Å². The summed E-state index contributed by atoms with van der Waals surface area (Å²) in [7, 11) is 0. The van der Waals surface area contributed by atoms with E-state index >= 15 is 0 Å². The number of aromatic nitrogens is 3. The van der Waals surface area contributed by atoms with Crippen molar-refractivity contribution in [3.05, 3.63) is 77.9 Å². The summed E-state index contributed by atoms with van der Waals surface area (Å²) >= 11 is 0. The zero-order valence-electron chi connectivity index (χ0n) is 13.7. The summed E-state index contributed by atoms with van der Waals surface area (Å²) in [5.41, 5.74) is 1.89. The molecule has 0 saturated carbocycles. The van der Waals surface area contributed by atoms with Crippen LogP contribution in [-0.2, 0) is 12.7 Å². The van der Waals surface area contributed by atoms with Gasteiger partial charge in [0.15, 0.2) is 0 Å². The summed E-state index contributed by atoms with van der Waals surface area (Å²) in [6.45, 7) is 1.07. The van der Waals surface area contributed by atoms with Gasteiger partial charge in [0.2, 0.25) is 0 Å². The van der Waals surface area contributed by atoms with Gasteiger partial charge in [0.1, 0.15) is 12.7 Å². The predicted octanol–water partition coefficient (Wildman–Crippen LogP) is 3.43. The van der Waals surface area contributed by atoms with Crippen LogP contribution in [-0.4, -0.2) is 21.3 Å². The molecule has 0 atom stereocenters. The first-order valence-electron chi connectivity index (χ1n) is 7.83. The molecular weight excluding hydrogens is 341 g/mol. The lowest BCUT2D eigenvalue weighted by Crippen LogP contribution is -2.13. The van der Waals surface area contributed by atoms with Crippen LogP contribution in [0.5, 0.6) is 0 Å². The summed E-state index contributed by atoms with van der Waals surface area (Å²) < 4.78 is 39.1. The summed E-state index contributed by atoms with van der Waals surface area (Å²) in [5, 5.41) is 7.23. The highest BCUT2D eigenvalue weighted by Crippen LogP contribution is 2.28. The third kappa shape index (κ3) is 4.71. The Kier molecular flexibility index (Phi) is 5.34. The number of nitrogens with zero attached hydrogens (tertiary/aromatic N) is 3. The van der Waals surface area contributed by atoms with Crippen molar-refractivity contribution < 1.29 is 13.2 Å². The maximum Gasteiger partial charge on any atom is 0.416 e. The molecule has 3 aromatic rings. The van der Waals surface area contributed by atoms with Gasteiger partial charge in [0.05, 0.1) is 17.8 Å². The van der Waals surface area contributed by atoms with Crippen LogP contribution in [0.1, 0.15) is 16.7 Å². The van der Waals surface area contributed by atoms with Crippen molar-refractivity contribution >= 4 is 0 Å². The summed E-state index contributed by atoms with van der Waals surface area (Å²) in [6, 6.07) is 12.7. The Hall–Kier alpha value is -3.11. The average molecular weight is 356 g/mol. The van der Waals surface area contributed by atoms with Gasteiger partial charge in [-0.2, -0.15) is 18.3 Å². The molecular formula is C19H15F3N4. The molecule has 0 saturated heterocycles. The van der Waals surface area contributed by atoms with Crippen molar-refractivity contribution in [3.8, 4) is 17.5 Å². The lowest BCUT2D eigenvalue weighted by Gasteiger charge is -2.05. The minimum atomic E-state index is -4.32. The zero-order chi connectivity index (χ0) is 18.4. The van der Waals surface area contributed by atoms with E-state index in [0.717, 1.165) is 23.4 Å². The highest BCUT2D eigenvalue weighted by atomic mass is 19.4. The maximum atomic E-state index is 12.5. The van der Waals surface area contributed by atoms with Gasteiger partial charge in [-0.25, -0.2) is 9.67 Å². The van der Waals surface area contributed by atoms with Gasteiger partial charge in [0, 0.05) is 12.1 Å². The third-order valence-electron chi connectivity index (χ3n) is 3.61. The lowest BCUT2D eigenvalue weighted by molar-refractivity contribution is -0.137. The SMILES string of the molecule is FC(F)(F)c1ccc(C#CCNCc2ccc(-n3cncn3)cc2)cc1. The molecule has 0 spiro atoms. The molecule has 2 aromatic carbocycles. The highest BCUT2D eigenvalue weighted by Gasteiger charge is 2.29. The van der Waals surface area contributed by atoms with Gasteiger partial charge in [-0.15, -0.1) is 0 Å². The Morgan fingerprint density at radius 1 is 1.00 bits per heavy atom. The fraction of sp³-hybridized carbons (Fsp3) is 0.158. The maximum absolute atomic E-state index is 12.5. The molecule has 0 aliphatic rings. The van der Waals surface area contributed by atoms with Crippen molar-refractivity contribution in [2.24, 2.45) is 0 Å². The molecule has 0 radical (unpaired) electrons. The Morgan fingerprint density at radius 2 is 1.73 bits per heavy atom. The van der Waals surface area contributed by atoms with E-state index in [4.69, 9.17) is 0 Å². The zero-order valence-corrected chi connectivity index (χ0v) is 13.7. The number of nitrogens with one attached hydrogen (secondary N) is 1. The normalized spacial score (nSPS) is 11.0. The second-order valence-electron chi connectivity index (χ2n) is 5.49. The Morgan fingerprint density at radius 3 is 2.35 bits per heavy atom. The third-order valence-corrected chi connectivity index (χ3v) is 3.61. The number of alkyl halides is 3. The monoisotopic (exact) mass is 356 g/mol. The smallest absolute Gasteiger partial charge is 0.302 e. The van der Waals surface area contributed by atoms with Gasteiger partial charge >= 0.3 is 6.18 Å². The molecule has 1 N–H and O–H groups in total. The van der Waals surface area contributed by atoms with Crippen molar-refractivity contribution in [2.45, 2.75) is 12.7 Å². The molecule has 0 fully saturated rings. The van der Waals surface area contributed by atoms with E-state index < -0.39 is 11.7 Å². The minimum absolute atomic E-state index is 0.436. The van der Waals surface area contributed by atoms with Crippen LogP contribution in [0.2, 0.25) is 0 Å². The number of hydrogen-bond acceptors (Lipinski definition) is 3. The van der Waals surface area contributed by atoms with E-state index in [1.54, 1.807) is 11.0 Å². The molecule has 7 heteroatoms. The van der Waals surface area contributed by atoms with Crippen molar-refractivity contribution in [1.29, 1.82) is 0 Å². The first kappa shape index (κ1) is 17.7. The molecule has 0 aliphatic heterocycles. The number of benzene rings is 2. The molecule has 0 aliphatic carbocycles. The Bertz CT molecular complexity index is 887. The van der Waals surface area contributed by atoms with E-state index in [-0.39, 0.29) is 0 Å². The minimum Gasteiger partial charge on any atom is -0.302 e.